The molecule has 0 amide bonds. The Labute approximate surface area is 194 Å². The summed E-state index contributed by atoms with van der Waals surface area (Å²) in [6, 6.07) is 12.8. The minimum Gasteiger partial charge on any atom is -0.480 e. The Bertz CT molecular complexity index is 1290. The maximum Gasteiger partial charge on any atom is 0.320 e. The van der Waals surface area contributed by atoms with E-state index in [4.69, 9.17) is 10.8 Å². The molecule has 10 nitrogen and oxygen atoms in total. The van der Waals surface area contributed by atoms with Crippen LogP contribution >= 0.6 is 0 Å². The molecule has 2 heterocycles. The van der Waals surface area contributed by atoms with Crippen molar-refractivity contribution >= 4 is 11.9 Å². The van der Waals surface area contributed by atoms with Crippen LogP contribution in [0.3, 0.4) is 0 Å². The van der Waals surface area contributed by atoms with Crippen molar-refractivity contribution in [3.63, 3.8) is 0 Å². The van der Waals surface area contributed by atoms with Gasteiger partial charge in [-0.25, -0.2) is 14.4 Å². The highest BCUT2D eigenvalue weighted by Crippen LogP contribution is 2.31. The zero-order valence-corrected chi connectivity index (χ0v) is 18.4. The predicted octanol–water partition coefficient (Wildman–Crippen LogP) is 2.84. The van der Waals surface area contributed by atoms with Crippen molar-refractivity contribution in [1.29, 1.82) is 0 Å². The van der Waals surface area contributed by atoms with Crippen molar-refractivity contribution in [3.8, 4) is 28.3 Å². The summed E-state index contributed by atoms with van der Waals surface area (Å²) in [6.07, 6.45) is 2.40. The third-order valence-electron chi connectivity index (χ3n) is 5.17. The molecule has 0 aliphatic carbocycles. The van der Waals surface area contributed by atoms with Gasteiger partial charge in [0.05, 0.1) is 16.9 Å². The Kier molecular flexibility index (Phi) is 6.83. The van der Waals surface area contributed by atoms with Crippen LogP contribution in [0.25, 0.3) is 28.3 Å². The molecule has 0 spiro atoms. The molecule has 4 rings (SSSR count). The second-order valence-corrected chi connectivity index (χ2v) is 7.73. The summed E-state index contributed by atoms with van der Waals surface area (Å²) in [5.41, 5.74) is 8.90. The molecule has 0 aliphatic rings. The summed E-state index contributed by atoms with van der Waals surface area (Å²) in [5.74, 6) is -0.735. The molecule has 34 heavy (non-hydrogen) atoms. The molecule has 2 aromatic carbocycles. The smallest absolute Gasteiger partial charge is 0.320 e. The van der Waals surface area contributed by atoms with Crippen LogP contribution in [-0.2, 0) is 4.79 Å². The Morgan fingerprint density at radius 2 is 2.03 bits per heavy atom. The molecule has 174 valence electrons. The molecule has 0 fully saturated rings. The van der Waals surface area contributed by atoms with Gasteiger partial charge in [0, 0.05) is 18.3 Å². The van der Waals surface area contributed by atoms with Gasteiger partial charge in [0.25, 0.3) is 0 Å². The normalized spacial score (nSPS) is 11.9. The molecule has 0 bridgehead atoms. The first kappa shape index (κ1) is 22.9. The van der Waals surface area contributed by atoms with Gasteiger partial charge in [0.15, 0.2) is 5.82 Å². The number of aryl methyl sites for hydroxylation is 1. The molecule has 4 aromatic rings. The summed E-state index contributed by atoms with van der Waals surface area (Å²) in [7, 11) is 0. The molecule has 0 saturated heterocycles. The minimum atomic E-state index is -1.04. The van der Waals surface area contributed by atoms with Crippen LogP contribution in [-0.4, -0.2) is 53.8 Å². The average molecular weight is 462 g/mol. The minimum absolute atomic E-state index is 0.307. The highest BCUT2D eigenvalue weighted by atomic mass is 19.1. The lowest BCUT2D eigenvalue weighted by molar-refractivity contribution is -0.138. The fourth-order valence-electron chi connectivity index (χ4n) is 3.35. The first-order valence-electron chi connectivity index (χ1n) is 10.6. The number of nitrogens with zero attached hydrogens (tertiary/aromatic N) is 6. The molecular formula is C23H23FN8O2. The van der Waals surface area contributed by atoms with Gasteiger partial charge in [0.1, 0.15) is 11.9 Å². The summed E-state index contributed by atoms with van der Waals surface area (Å²) < 4.78 is 15.6. The number of hydrogen-bond donors (Lipinski definition) is 3. The highest BCUT2D eigenvalue weighted by Gasteiger charge is 2.19. The van der Waals surface area contributed by atoms with Gasteiger partial charge in [0.2, 0.25) is 5.95 Å². The molecule has 0 aliphatic heterocycles. The molecule has 11 heteroatoms. The van der Waals surface area contributed by atoms with E-state index in [-0.39, 0.29) is 0 Å². The van der Waals surface area contributed by atoms with Crippen molar-refractivity contribution in [1.82, 2.24) is 30.2 Å². The van der Waals surface area contributed by atoms with Crippen LogP contribution < -0.4 is 11.1 Å². The third-order valence-corrected chi connectivity index (χ3v) is 5.17. The van der Waals surface area contributed by atoms with Gasteiger partial charge in [-0.2, -0.15) is 4.68 Å². The van der Waals surface area contributed by atoms with Gasteiger partial charge in [-0.1, -0.05) is 29.8 Å². The third kappa shape index (κ3) is 5.21. The second-order valence-electron chi connectivity index (χ2n) is 7.73. The Balaban J connectivity index is 1.68. The second kappa shape index (κ2) is 10.1. The first-order valence-corrected chi connectivity index (χ1v) is 10.6. The van der Waals surface area contributed by atoms with Gasteiger partial charge < -0.3 is 16.2 Å². The van der Waals surface area contributed by atoms with E-state index in [0.29, 0.717) is 48.0 Å². The number of rotatable bonds is 9. The average Bonchev–Trinajstić information content (AvgIpc) is 3.31. The highest BCUT2D eigenvalue weighted by molar-refractivity contribution is 5.78. The van der Waals surface area contributed by atoms with Crippen molar-refractivity contribution in [2.45, 2.75) is 25.8 Å². The van der Waals surface area contributed by atoms with Crippen LogP contribution in [0.2, 0.25) is 0 Å². The van der Waals surface area contributed by atoms with Gasteiger partial charge in [-0.15, -0.1) is 5.10 Å². The fraction of sp³-hybridized carbons (Fsp3) is 0.217. The number of halogens is 1. The van der Waals surface area contributed by atoms with Crippen LogP contribution in [0.4, 0.5) is 10.3 Å². The lowest BCUT2D eigenvalue weighted by Crippen LogP contribution is -2.30. The van der Waals surface area contributed by atoms with E-state index in [1.54, 1.807) is 23.0 Å². The maximum atomic E-state index is 14.0. The van der Waals surface area contributed by atoms with Gasteiger partial charge in [-0.3, -0.25) is 4.79 Å². The largest absolute Gasteiger partial charge is 0.480 e. The topological polar surface area (TPSA) is 145 Å². The molecule has 0 radical (unpaired) electrons. The standard InChI is InChI=1S/C23H23FN8O2/c1-14-7-9-17(10-8-14)32-21(29-30-31-32)18-13-27-23(26-11-3-6-19(25)22(33)34)28-20(18)15-4-2-5-16(24)12-15/h2,4-5,7-10,12-13,19H,3,6,11,25H2,1H3,(H,33,34)(H,26,27,28)/t19-/m1/s1. The van der Waals surface area contributed by atoms with Crippen molar-refractivity contribution < 1.29 is 14.3 Å². The summed E-state index contributed by atoms with van der Waals surface area (Å²) in [6.45, 7) is 2.41. The number of nitrogens with two attached hydrogens (primary N) is 1. The number of carboxylic acids is 1. The van der Waals surface area contributed by atoms with Crippen LogP contribution in [0.1, 0.15) is 18.4 Å². The van der Waals surface area contributed by atoms with Crippen molar-refractivity contribution in [2.75, 3.05) is 11.9 Å². The van der Waals surface area contributed by atoms with E-state index in [1.807, 2.05) is 31.2 Å². The molecular weight excluding hydrogens is 439 g/mol. The van der Waals surface area contributed by atoms with E-state index in [2.05, 4.69) is 30.8 Å². The quantitative estimate of drug-likeness (QED) is 0.320. The monoisotopic (exact) mass is 462 g/mol. The number of carboxylic acid groups (broad SMARTS) is 1. The number of aromatic nitrogens is 6. The van der Waals surface area contributed by atoms with Crippen molar-refractivity contribution in [3.05, 3.63) is 66.1 Å². The molecule has 2 aromatic heterocycles. The molecule has 0 saturated carbocycles. The maximum absolute atomic E-state index is 14.0. The van der Waals surface area contributed by atoms with Gasteiger partial charge >= 0.3 is 5.97 Å². The van der Waals surface area contributed by atoms with Crippen molar-refractivity contribution in [2.24, 2.45) is 5.73 Å². The Hall–Kier alpha value is -4.25. The Morgan fingerprint density at radius 1 is 1.24 bits per heavy atom. The Morgan fingerprint density at radius 3 is 2.76 bits per heavy atom. The zero-order valence-electron chi connectivity index (χ0n) is 18.4. The number of anilines is 1. The molecule has 4 N–H and O–H groups in total. The van der Waals surface area contributed by atoms with E-state index in [1.165, 1.54) is 12.1 Å². The SMILES string of the molecule is Cc1ccc(-n2nnnc2-c2cnc(NCCC[C@@H](N)C(=O)O)nc2-c2cccc(F)c2)cc1. The van der Waals surface area contributed by atoms with Crippen LogP contribution in [0.15, 0.2) is 54.7 Å². The van der Waals surface area contributed by atoms with Crippen LogP contribution in [0, 0.1) is 12.7 Å². The molecule has 1 atom stereocenters. The number of nitrogens with one attached hydrogen (secondary N) is 1. The summed E-state index contributed by atoms with van der Waals surface area (Å²) in [5, 5.41) is 24.1. The predicted molar refractivity (Wildman–Crippen MR) is 124 cm³/mol. The zero-order chi connectivity index (χ0) is 24.1. The van der Waals surface area contributed by atoms with E-state index in [9.17, 15) is 9.18 Å². The lowest BCUT2D eigenvalue weighted by atomic mass is 10.1. The number of carbonyl (C=O) groups is 1. The van der Waals surface area contributed by atoms with Crippen LogP contribution in [0.5, 0.6) is 0 Å². The fourth-order valence-corrected chi connectivity index (χ4v) is 3.35. The summed E-state index contributed by atoms with van der Waals surface area (Å²) in [4.78, 5) is 19.8. The lowest BCUT2D eigenvalue weighted by Gasteiger charge is -2.12. The van der Waals surface area contributed by atoms with E-state index >= 15 is 0 Å². The molecule has 0 unspecified atom stereocenters. The van der Waals surface area contributed by atoms with Gasteiger partial charge in [-0.05, 0) is 54.5 Å². The number of benzene rings is 2. The number of aliphatic carboxylic acids is 1. The van der Waals surface area contributed by atoms with E-state index < -0.39 is 17.8 Å². The van der Waals surface area contributed by atoms with E-state index in [0.717, 1.165) is 11.3 Å². The first-order chi connectivity index (χ1) is 16.4. The number of hydrogen-bond acceptors (Lipinski definition) is 8. The number of tetrazole rings is 1. The summed E-state index contributed by atoms with van der Waals surface area (Å²) >= 11 is 0.